The highest BCUT2D eigenvalue weighted by Crippen LogP contribution is 2.12. The van der Waals surface area contributed by atoms with Crippen molar-refractivity contribution in [1.82, 2.24) is 5.32 Å². The van der Waals surface area contributed by atoms with Gasteiger partial charge in [0.1, 0.15) is 6.29 Å². The summed E-state index contributed by atoms with van der Waals surface area (Å²) in [5.74, 6) is 0. The fourth-order valence-corrected chi connectivity index (χ4v) is 1.13. The number of hydrogen-bond acceptors (Lipinski definition) is 2. The topological polar surface area (TPSA) is 29.1 Å². The minimum atomic E-state index is 0.452. The van der Waals surface area contributed by atoms with Crippen LogP contribution >= 0.6 is 0 Å². The number of aldehydes is 1. The fraction of sp³-hybridized carbons (Fsp3) is 0.364. The van der Waals surface area contributed by atoms with Gasteiger partial charge in [-0.2, -0.15) is 0 Å². The highest BCUT2D eigenvalue weighted by atomic mass is 16.1. The average Bonchev–Trinajstić information content (AvgIpc) is 2.14. The summed E-state index contributed by atoms with van der Waals surface area (Å²) < 4.78 is 0. The summed E-state index contributed by atoms with van der Waals surface area (Å²) in [7, 11) is 1.88. The molecule has 0 fully saturated rings. The van der Waals surface area contributed by atoms with Gasteiger partial charge in [0.05, 0.1) is 0 Å². The van der Waals surface area contributed by atoms with E-state index in [-0.39, 0.29) is 0 Å². The molecule has 0 heterocycles. The second-order valence-electron chi connectivity index (χ2n) is 2.64. The first-order chi connectivity index (χ1) is 6.29. The maximum Gasteiger partial charge on any atom is 0.124 e. The predicted molar refractivity (Wildman–Crippen MR) is 56.6 cm³/mol. The van der Waals surface area contributed by atoms with Crippen molar-refractivity contribution in [3.63, 3.8) is 0 Å². The Morgan fingerprint density at radius 1 is 1.46 bits per heavy atom. The molecule has 0 bridgehead atoms. The standard InChI is InChI=1S/C11H17NO/c1-4-6-11(7-8-13)10(5-2)9-12-3/h4-6,8,12H,1,7,9H2,2-3H3/b10-5-,11-6-. The summed E-state index contributed by atoms with van der Waals surface area (Å²) in [4.78, 5) is 10.4. The summed E-state index contributed by atoms with van der Waals surface area (Å²) in [6.07, 6.45) is 6.95. The van der Waals surface area contributed by atoms with Crippen molar-refractivity contribution in [2.24, 2.45) is 0 Å². The minimum Gasteiger partial charge on any atom is -0.316 e. The molecular weight excluding hydrogens is 162 g/mol. The van der Waals surface area contributed by atoms with E-state index in [2.05, 4.69) is 11.9 Å². The van der Waals surface area contributed by atoms with E-state index < -0.39 is 0 Å². The van der Waals surface area contributed by atoms with Crippen molar-refractivity contribution in [2.45, 2.75) is 13.3 Å². The molecule has 1 N–H and O–H groups in total. The zero-order chi connectivity index (χ0) is 10.1. The largest absolute Gasteiger partial charge is 0.316 e. The van der Waals surface area contributed by atoms with E-state index in [4.69, 9.17) is 0 Å². The lowest BCUT2D eigenvalue weighted by atomic mass is 10.0. The summed E-state index contributed by atoms with van der Waals surface area (Å²) in [6, 6.07) is 0. The number of hydrogen-bond donors (Lipinski definition) is 1. The first-order valence-electron chi connectivity index (χ1n) is 4.35. The third kappa shape index (κ3) is 4.43. The molecule has 0 aromatic rings. The molecule has 0 saturated heterocycles. The summed E-state index contributed by atoms with van der Waals surface area (Å²) >= 11 is 0. The van der Waals surface area contributed by atoms with Gasteiger partial charge in [-0.05, 0) is 25.1 Å². The normalized spacial score (nSPS) is 12.8. The van der Waals surface area contributed by atoms with Gasteiger partial charge in [0.15, 0.2) is 0 Å². The minimum absolute atomic E-state index is 0.452. The van der Waals surface area contributed by atoms with Crippen molar-refractivity contribution in [1.29, 1.82) is 0 Å². The van der Waals surface area contributed by atoms with E-state index >= 15 is 0 Å². The smallest absolute Gasteiger partial charge is 0.124 e. The number of rotatable bonds is 6. The highest BCUT2D eigenvalue weighted by molar-refractivity contribution is 5.58. The van der Waals surface area contributed by atoms with Crippen molar-refractivity contribution < 1.29 is 4.79 Å². The molecule has 2 nitrogen and oxygen atoms in total. The van der Waals surface area contributed by atoms with Crippen LogP contribution in [0.1, 0.15) is 13.3 Å². The molecule has 0 spiro atoms. The molecule has 2 heteroatoms. The zero-order valence-electron chi connectivity index (χ0n) is 8.34. The van der Waals surface area contributed by atoms with Crippen LogP contribution in [0.3, 0.4) is 0 Å². The van der Waals surface area contributed by atoms with Gasteiger partial charge in [-0.15, -0.1) is 0 Å². The van der Waals surface area contributed by atoms with Gasteiger partial charge in [-0.1, -0.05) is 24.8 Å². The Labute approximate surface area is 80.0 Å². The van der Waals surface area contributed by atoms with Gasteiger partial charge >= 0.3 is 0 Å². The molecule has 0 aliphatic heterocycles. The van der Waals surface area contributed by atoms with Crippen LogP contribution in [0.15, 0.2) is 36.0 Å². The lowest BCUT2D eigenvalue weighted by molar-refractivity contribution is -0.107. The predicted octanol–water partition coefficient (Wildman–Crippen LogP) is 1.85. The quantitative estimate of drug-likeness (QED) is 0.498. The monoisotopic (exact) mass is 179 g/mol. The van der Waals surface area contributed by atoms with Gasteiger partial charge in [0, 0.05) is 13.0 Å². The van der Waals surface area contributed by atoms with Crippen molar-refractivity contribution in [3.8, 4) is 0 Å². The lowest BCUT2D eigenvalue weighted by Gasteiger charge is -2.07. The van der Waals surface area contributed by atoms with Crippen LogP contribution in [0, 0.1) is 0 Å². The highest BCUT2D eigenvalue weighted by Gasteiger charge is 2.01. The zero-order valence-corrected chi connectivity index (χ0v) is 8.34. The maximum absolute atomic E-state index is 10.4. The molecule has 0 amide bonds. The van der Waals surface area contributed by atoms with Crippen LogP contribution < -0.4 is 5.32 Å². The van der Waals surface area contributed by atoms with E-state index in [1.54, 1.807) is 6.08 Å². The average molecular weight is 179 g/mol. The van der Waals surface area contributed by atoms with Crippen LogP contribution in [0.4, 0.5) is 0 Å². The molecule has 0 aliphatic rings. The summed E-state index contributed by atoms with van der Waals surface area (Å²) in [5.41, 5.74) is 2.18. The number of nitrogens with one attached hydrogen (secondary N) is 1. The Balaban J connectivity index is 4.58. The van der Waals surface area contributed by atoms with Gasteiger partial charge in [-0.25, -0.2) is 0 Å². The summed E-state index contributed by atoms with van der Waals surface area (Å²) in [6.45, 7) is 6.37. The van der Waals surface area contributed by atoms with Crippen molar-refractivity contribution in [3.05, 3.63) is 36.0 Å². The Kier molecular flexibility index (Phi) is 6.83. The molecule has 0 aliphatic carbocycles. The number of carbonyl (C=O) groups is 1. The molecule has 72 valence electrons. The lowest BCUT2D eigenvalue weighted by Crippen LogP contribution is -2.12. The first kappa shape index (κ1) is 11.8. The second kappa shape index (κ2) is 7.50. The summed E-state index contributed by atoms with van der Waals surface area (Å²) in [5, 5.41) is 3.06. The van der Waals surface area contributed by atoms with E-state index in [0.29, 0.717) is 6.42 Å². The molecule has 0 aromatic carbocycles. The molecular formula is C11H17NO. The molecule has 0 aromatic heterocycles. The van der Waals surface area contributed by atoms with Crippen LogP contribution in [0.5, 0.6) is 0 Å². The Hall–Kier alpha value is -1.15. The molecule has 0 radical (unpaired) electrons. The molecule has 0 unspecified atom stereocenters. The Bertz CT molecular complexity index is 226. The second-order valence-corrected chi connectivity index (χ2v) is 2.64. The molecule has 0 saturated carbocycles. The van der Waals surface area contributed by atoms with E-state index in [9.17, 15) is 4.79 Å². The van der Waals surface area contributed by atoms with Crippen molar-refractivity contribution >= 4 is 6.29 Å². The third-order valence-corrected chi connectivity index (χ3v) is 1.75. The number of allylic oxidation sites excluding steroid dienone is 3. The molecule has 0 rings (SSSR count). The van der Waals surface area contributed by atoms with Crippen molar-refractivity contribution in [2.75, 3.05) is 13.6 Å². The van der Waals surface area contributed by atoms with Gasteiger partial charge in [-0.3, -0.25) is 0 Å². The first-order valence-corrected chi connectivity index (χ1v) is 4.35. The van der Waals surface area contributed by atoms with Gasteiger partial charge < -0.3 is 10.1 Å². The van der Waals surface area contributed by atoms with Crippen LogP contribution in [-0.4, -0.2) is 19.9 Å². The van der Waals surface area contributed by atoms with E-state index in [1.807, 2.05) is 26.1 Å². The molecule has 13 heavy (non-hydrogen) atoms. The number of carbonyl (C=O) groups excluding carboxylic acids is 1. The third-order valence-electron chi connectivity index (χ3n) is 1.75. The van der Waals surface area contributed by atoms with E-state index in [1.165, 1.54) is 0 Å². The fourth-order valence-electron chi connectivity index (χ4n) is 1.13. The number of likely N-dealkylation sites (N-methyl/N-ethyl adjacent to an activating group) is 1. The maximum atomic E-state index is 10.4. The van der Waals surface area contributed by atoms with Gasteiger partial charge in [0.25, 0.3) is 0 Å². The van der Waals surface area contributed by atoms with E-state index in [0.717, 1.165) is 24.0 Å². The SMILES string of the molecule is C=C/C=C(CC=O)\C(=C/C)CNC. The van der Waals surface area contributed by atoms with Crippen LogP contribution in [-0.2, 0) is 4.79 Å². The van der Waals surface area contributed by atoms with Crippen LogP contribution in [0.2, 0.25) is 0 Å². The molecule has 0 atom stereocenters. The Morgan fingerprint density at radius 3 is 2.54 bits per heavy atom. The Morgan fingerprint density at radius 2 is 2.15 bits per heavy atom. The van der Waals surface area contributed by atoms with Gasteiger partial charge in [0.2, 0.25) is 0 Å². The van der Waals surface area contributed by atoms with Crippen LogP contribution in [0.25, 0.3) is 0 Å².